The Kier molecular flexibility index (Phi) is 6.63. The van der Waals surface area contributed by atoms with Crippen LogP contribution in [0.15, 0.2) is 66.3 Å². The second-order valence-electron chi connectivity index (χ2n) is 8.37. The van der Waals surface area contributed by atoms with E-state index in [4.69, 9.17) is 5.11 Å². The highest BCUT2D eigenvalue weighted by molar-refractivity contribution is 7.14. The van der Waals surface area contributed by atoms with Crippen molar-refractivity contribution >= 4 is 39.8 Å². The molecule has 1 aromatic carbocycles. The topological polar surface area (TPSA) is 112 Å². The summed E-state index contributed by atoms with van der Waals surface area (Å²) in [4.78, 5) is 34.3. The molecule has 1 saturated heterocycles. The van der Waals surface area contributed by atoms with Crippen LogP contribution < -0.4 is 15.5 Å². The third kappa shape index (κ3) is 5.20. The van der Waals surface area contributed by atoms with Crippen LogP contribution in [0.1, 0.15) is 40.6 Å². The molecule has 11 heteroatoms. The Labute approximate surface area is 210 Å². The molecular formula is C25H23FN6O3S. The number of carbonyl (C=O) groups is 2. The number of rotatable bonds is 7. The Hall–Kier alpha value is -4.25. The lowest BCUT2D eigenvalue weighted by Crippen LogP contribution is -2.23. The van der Waals surface area contributed by atoms with Crippen molar-refractivity contribution in [2.45, 2.75) is 25.4 Å². The van der Waals surface area contributed by atoms with E-state index in [0.717, 1.165) is 30.8 Å². The second kappa shape index (κ2) is 10.2. The molecular weight excluding hydrogens is 483 g/mol. The standard InChI is InChI=1S/C25H23FN6O3S/c26-22-13-16(9-10-27-22)14-31-11-1-4-21(31)23(33)30-24-29-19(15-36-24)20-3-2-12-32(20)18-7-5-17(6-8-18)28-25(34)35/h1,4-11,13,15,20,28H,2-3,12,14H2,(H,34,35)(H,29,30,33). The molecule has 2 amide bonds. The second-order valence-corrected chi connectivity index (χ2v) is 9.23. The maximum atomic E-state index is 13.4. The van der Waals surface area contributed by atoms with Gasteiger partial charge in [-0.2, -0.15) is 4.39 Å². The molecule has 9 nitrogen and oxygen atoms in total. The van der Waals surface area contributed by atoms with Gasteiger partial charge < -0.3 is 14.6 Å². The molecule has 0 saturated carbocycles. The van der Waals surface area contributed by atoms with Crippen molar-refractivity contribution in [1.82, 2.24) is 14.5 Å². The SMILES string of the molecule is O=C(O)Nc1ccc(N2CCCC2c2csc(NC(=O)c3cccn3Cc3ccnc(F)c3)n2)cc1. The Morgan fingerprint density at radius 1 is 1.17 bits per heavy atom. The van der Waals surface area contributed by atoms with E-state index in [1.54, 1.807) is 41.1 Å². The molecule has 0 spiro atoms. The first kappa shape index (κ1) is 23.5. The predicted octanol–water partition coefficient (Wildman–Crippen LogP) is 5.21. The normalized spacial score (nSPS) is 15.1. The fourth-order valence-electron chi connectivity index (χ4n) is 4.40. The van der Waals surface area contributed by atoms with Gasteiger partial charge in [0.15, 0.2) is 5.13 Å². The molecule has 1 atom stereocenters. The molecule has 5 rings (SSSR count). The van der Waals surface area contributed by atoms with Crippen LogP contribution in [0.2, 0.25) is 0 Å². The number of nitrogens with zero attached hydrogens (tertiary/aromatic N) is 4. The molecule has 3 aromatic heterocycles. The summed E-state index contributed by atoms with van der Waals surface area (Å²) < 4.78 is 15.2. The first-order valence-corrected chi connectivity index (χ1v) is 12.2. The number of thiazole rings is 1. The average Bonchev–Trinajstić information content (AvgIpc) is 3.60. The number of aromatic nitrogens is 3. The summed E-state index contributed by atoms with van der Waals surface area (Å²) in [5, 5.41) is 16.6. The highest BCUT2D eigenvalue weighted by Gasteiger charge is 2.28. The summed E-state index contributed by atoms with van der Waals surface area (Å²) in [5.41, 5.74) is 3.53. The van der Waals surface area contributed by atoms with Crippen molar-refractivity contribution in [3.63, 3.8) is 0 Å². The summed E-state index contributed by atoms with van der Waals surface area (Å²) >= 11 is 1.37. The molecule has 0 aliphatic carbocycles. The van der Waals surface area contributed by atoms with Crippen molar-refractivity contribution < 1.29 is 19.1 Å². The zero-order valence-electron chi connectivity index (χ0n) is 19.1. The number of pyridine rings is 1. The first-order valence-electron chi connectivity index (χ1n) is 11.4. The van der Waals surface area contributed by atoms with Crippen molar-refractivity contribution in [3.05, 3.63) is 89.2 Å². The molecule has 4 heterocycles. The van der Waals surface area contributed by atoms with Gasteiger partial charge in [0, 0.05) is 42.2 Å². The van der Waals surface area contributed by atoms with E-state index in [0.29, 0.717) is 28.6 Å². The first-order chi connectivity index (χ1) is 17.5. The molecule has 1 unspecified atom stereocenters. The predicted molar refractivity (Wildman–Crippen MR) is 135 cm³/mol. The summed E-state index contributed by atoms with van der Waals surface area (Å²) in [7, 11) is 0. The van der Waals surface area contributed by atoms with Crippen molar-refractivity contribution in [1.29, 1.82) is 0 Å². The lowest BCUT2D eigenvalue weighted by atomic mass is 10.1. The molecule has 1 aliphatic rings. The number of hydrogen-bond acceptors (Lipinski definition) is 6. The zero-order valence-corrected chi connectivity index (χ0v) is 19.9. The Bertz CT molecular complexity index is 1390. The average molecular weight is 507 g/mol. The van der Waals surface area contributed by atoms with Crippen LogP contribution in [0.5, 0.6) is 0 Å². The van der Waals surface area contributed by atoms with Crippen LogP contribution in [0.3, 0.4) is 0 Å². The fourth-order valence-corrected chi connectivity index (χ4v) is 5.15. The summed E-state index contributed by atoms with van der Waals surface area (Å²) in [5.74, 6) is -0.852. The maximum absolute atomic E-state index is 13.4. The Balaban J connectivity index is 1.27. The monoisotopic (exact) mass is 506 g/mol. The third-order valence-electron chi connectivity index (χ3n) is 5.99. The van der Waals surface area contributed by atoms with E-state index in [2.05, 4.69) is 25.5 Å². The molecule has 0 radical (unpaired) electrons. The van der Waals surface area contributed by atoms with Crippen LogP contribution in [0.4, 0.5) is 25.7 Å². The minimum absolute atomic E-state index is 0.0654. The van der Waals surface area contributed by atoms with Crippen molar-refractivity contribution in [3.8, 4) is 0 Å². The molecule has 0 bridgehead atoms. The molecule has 4 aromatic rings. The molecule has 1 fully saturated rings. The zero-order chi connectivity index (χ0) is 25.1. The lowest BCUT2D eigenvalue weighted by Gasteiger charge is -2.25. The van der Waals surface area contributed by atoms with Crippen LogP contribution in [-0.2, 0) is 6.54 Å². The van der Waals surface area contributed by atoms with Gasteiger partial charge in [-0.1, -0.05) is 0 Å². The number of halogens is 1. The van der Waals surface area contributed by atoms with Gasteiger partial charge in [-0.25, -0.2) is 14.8 Å². The lowest BCUT2D eigenvalue weighted by molar-refractivity contribution is 0.101. The van der Waals surface area contributed by atoms with Gasteiger partial charge >= 0.3 is 6.09 Å². The highest BCUT2D eigenvalue weighted by Crippen LogP contribution is 2.37. The van der Waals surface area contributed by atoms with Gasteiger partial charge in [-0.3, -0.25) is 15.4 Å². The molecule has 1 aliphatic heterocycles. The van der Waals surface area contributed by atoms with Crippen LogP contribution in [0, 0.1) is 5.95 Å². The minimum Gasteiger partial charge on any atom is -0.465 e. The minimum atomic E-state index is -1.10. The fraction of sp³-hybridized carbons (Fsp3) is 0.200. The van der Waals surface area contributed by atoms with Gasteiger partial charge in [0.1, 0.15) is 5.69 Å². The third-order valence-corrected chi connectivity index (χ3v) is 6.77. The highest BCUT2D eigenvalue weighted by atomic mass is 32.1. The van der Waals surface area contributed by atoms with Crippen molar-refractivity contribution in [2.24, 2.45) is 0 Å². The van der Waals surface area contributed by atoms with Crippen LogP contribution in [0.25, 0.3) is 0 Å². The van der Waals surface area contributed by atoms with E-state index in [-0.39, 0.29) is 11.9 Å². The number of carbonyl (C=O) groups excluding carboxylic acids is 1. The van der Waals surface area contributed by atoms with Gasteiger partial charge in [-0.15, -0.1) is 11.3 Å². The van der Waals surface area contributed by atoms with E-state index in [1.165, 1.54) is 23.6 Å². The summed E-state index contributed by atoms with van der Waals surface area (Å²) in [6, 6.07) is 13.9. The summed E-state index contributed by atoms with van der Waals surface area (Å²) in [6.07, 6.45) is 4.00. The van der Waals surface area contributed by atoms with Crippen molar-refractivity contribution in [2.75, 3.05) is 22.1 Å². The smallest absolute Gasteiger partial charge is 0.409 e. The Morgan fingerprint density at radius 2 is 2.00 bits per heavy atom. The van der Waals surface area contributed by atoms with E-state index >= 15 is 0 Å². The number of nitrogens with one attached hydrogen (secondary N) is 2. The number of amides is 2. The molecule has 184 valence electrons. The van der Waals surface area contributed by atoms with Gasteiger partial charge in [0.05, 0.1) is 11.7 Å². The van der Waals surface area contributed by atoms with E-state index in [1.807, 2.05) is 17.5 Å². The quantitative estimate of drug-likeness (QED) is 0.297. The number of carboxylic acid groups (broad SMARTS) is 1. The van der Waals surface area contributed by atoms with Gasteiger partial charge in [0.25, 0.3) is 5.91 Å². The Morgan fingerprint density at radius 3 is 2.78 bits per heavy atom. The van der Waals surface area contributed by atoms with Gasteiger partial charge in [-0.05, 0) is 66.9 Å². The number of benzene rings is 1. The van der Waals surface area contributed by atoms with Crippen LogP contribution in [-0.4, -0.2) is 38.2 Å². The van der Waals surface area contributed by atoms with E-state index < -0.39 is 12.0 Å². The molecule has 36 heavy (non-hydrogen) atoms. The van der Waals surface area contributed by atoms with Crippen LogP contribution >= 0.6 is 11.3 Å². The van der Waals surface area contributed by atoms with E-state index in [9.17, 15) is 14.0 Å². The number of hydrogen-bond donors (Lipinski definition) is 3. The molecule has 3 N–H and O–H groups in total. The largest absolute Gasteiger partial charge is 0.465 e. The summed E-state index contributed by atoms with van der Waals surface area (Å²) in [6.45, 7) is 1.20. The number of anilines is 3. The van der Waals surface area contributed by atoms with Gasteiger partial charge in [0.2, 0.25) is 5.95 Å². The maximum Gasteiger partial charge on any atom is 0.409 e.